The normalized spacial score (nSPS) is 10.6. The molecule has 0 saturated carbocycles. The molecule has 0 fully saturated rings. The second-order valence-electron chi connectivity index (χ2n) is 4.16. The third-order valence-corrected chi connectivity index (χ3v) is 3.63. The maximum Gasteiger partial charge on any atom is 0.280 e. The maximum absolute atomic E-state index is 13.1. The summed E-state index contributed by atoms with van der Waals surface area (Å²) < 4.78 is 13.7. The van der Waals surface area contributed by atoms with Crippen molar-refractivity contribution in [2.24, 2.45) is 0 Å². The summed E-state index contributed by atoms with van der Waals surface area (Å²) in [5, 5.41) is 7.79. The zero-order valence-corrected chi connectivity index (χ0v) is 12.6. The SMILES string of the molecule is CON(C)C(=O)c1cn[nH]c1Cc1ccc(F)cc1Br. The number of halogens is 2. The fraction of sp³-hybridized carbons (Fsp3) is 0.231. The van der Waals surface area contributed by atoms with E-state index in [0.29, 0.717) is 22.2 Å². The Morgan fingerprint density at radius 3 is 2.95 bits per heavy atom. The predicted octanol–water partition coefficient (Wildman–Crippen LogP) is 2.54. The fourth-order valence-corrected chi connectivity index (χ4v) is 2.23. The molecule has 0 atom stereocenters. The molecular weight excluding hydrogens is 329 g/mol. The Labute approximate surface area is 123 Å². The van der Waals surface area contributed by atoms with Crippen LogP contribution in [-0.4, -0.2) is 35.3 Å². The number of nitrogens with one attached hydrogen (secondary N) is 1. The molecule has 1 N–H and O–H groups in total. The highest BCUT2D eigenvalue weighted by molar-refractivity contribution is 9.10. The number of hydrogen-bond donors (Lipinski definition) is 1. The number of aromatic nitrogens is 2. The van der Waals surface area contributed by atoms with Crippen LogP contribution in [0.2, 0.25) is 0 Å². The van der Waals surface area contributed by atoms with Gasteiger partial charge in [0.05, 0.1) is 24.6 Å². The summed E-state index contributed by atoms with van der Waals surface area (Å²) >= 11 is 3.30. The molecule has 0 aliphatic heterocycles. The van der Waals surface area contributed by atoms with Gasteiger partial charge in [-0.2, -0.15) is 5.10 Å². The molecule has 1 amide bonds. The molecule has 106 valence electrons. The van der Waals surface area contributed by atoms with Crippen LogP contribution in [0.5, 0.6) is 0 Å². The highest BCUT2D eigenvalue weighted by atomic mass is 79.9. The molecule has 0 unspecified atom stereocenters. The molecule has 5 nitrogen and oxygen atoms in total. The smallest absolute Gasteiger partial charge is 0.280 e. The number of hydroxylamine groups is 2. The number of amides is 1. The van der Waals surface area contributed by atoms with E-state index in [-0.39, 0.29) is 11.7 Å². The molecule has 1 aromatic carbocycles. The quantitative estimate of drug-likeness (QED) is 0.869. The van der Waals surface area contributed by atoms with E-state index in [4.69, 9.17) is 4.84 Å². The summed E-state index contributed by atoms with van der Waals surface area (Å²) in [7, 11) is 2.93. The Balaban J connectivity index is 2.27. The molecule has 1 aromatic heterocycles. The Hall–Kier alpha value is -1.73. The van der Waals surface area contributed by atoms with Crippen LogP contribution in [0.4, 0.5) is 4.39 Å². The van der Waals surface area contributed by atoms with E-state index >= 15 is 0 Å². The van der Waals surface area contributed by atoms with Crippen molar-refractivity contribution in [1.82, 2.24) is 15.3 Å². The number of carbonyl (C=O) groups is 1. The highest BCUT2D eigenvalue weighted by Gasteiger charge is 2.18. The molecule has 2 aromatic rings. The third-order valence-electron chi connectivity index (χ3n) is 2.89. The van der Waals surface area contributed by atoms with Gasteiger partial charge in [-0.1, -0.05) is 22.0 Å². The van der Waals surface area contributed by atoms with Gasteiger partial charge in [-0.05, 0) is 17.7 Å². The first-order valence-corrected chi connectivity index (χ1v) is 6.60. The molecule has 0 saturated heterocycles. The standard InChI is InChI=1S/C13H13BrFN3O2/c1-18(20-2)13(19)10-7-16-17-12(10)5-8-3-4-9(15)6-11(8)14/h3-4,6-7H,5H2,1-2H3,(H,16,17). The average molecular weight is 342 g/mol. The van der Waals surface area contributed by atoms with Gasteiger partial charge >= 0.3 is 0 Å². The average Bonchev–Trinajstić information content (AvgIpc) is 2.88. The summed E-state index contributed by atoms with van der Waals surface area (Å²) in [6.45, 7) is 0. The first-order valence-electron chi connectivity index (χ1n) is 5.81. The van der Waals surface area contributed by atoms with Crippen LogP contribution in [0.1, 0.15) is 21.6 Å². The van der Waals surface area contributed by atoms with E-state index in [2.05, 4.69) is 26.1 Å². The number of aromatic amines is 1. The summed E-state index contributed by atoms with van der Waals surface area (Å²) in [6, 6.07) is 4.42. The predicted molar refractivity (Wildman–Crippen MR) is 74.6 cm³/mol. The topological polar surface area (TPSA) is 58.2 Å². The number of rotatable bonds is 4. The number of benzene rings is 1. The van der Waals surface area contributed by atoms with Crippen molar-refractivity contribution < 1.29 is 14.0 Å². The minimum absolute atomic E-state index is 0.297. The molecule has 0 bridgehead atoms. The van der Waals surface area contributed by atoms with E-state index in [1.807, 2.05) is 0 Å². The molecule has 0 aliphatic rings. The molecule has 0 aliphatic carbocycles. The Morgan fingerprint density at radius 1 is 1.55 bits per heavy atom. The lowest BCUT2D eigenvalue weighted by Gasteiger charge is -2.13. The molecule has 2 rings (SSSR count). The summed E-state index contributed by atoms with van der Waals surface area (Å²) in [5.74, 6) is -0.616. The van der Waals surface area contributed by atoms with Crippen LogP contribution in [0.3, 0.4) is 0 Å². The van der Waals surface area contributed by atoms with Crippen LogP contribution < -0.4 is 0 Å². The Bertz CT molecular complexity index is 630. The second-order valence-corrected chi connectivity index (χ2v) is 5.01. The van der Waals surface area contributed by atoms with Gasteiger partial charge in [0, 0.05) is 17.9 Å². The van der Waals surface area contributed by atoms with Gasteiger partial charge in [-0.3, -0.25) is 14.7 Å². The monoisotopic (exact) mass is 341 g/mol. The van der Waals surface area contributed by atoms with Crippen molar-refractivity contribution in [3.8, 4) is 0 Å². The molecular formula is C13H13BrFN3O2. The van der Waals surface area contributed by atoms with Crippen LogP contribution >= 0.6 is 15.9 Å². The molecule has 20 heavy (non-hydrogen) atoms. The number of hydrogen-bond acceptors (Lipinski definition) is 3. The highest BCUT2D eigenvalue weighted by Crippen LogP contribution is 2.22. The Kier molecular flexibility index (Phi) is 4.51. The van der Waals surface area contributed by atoms with Gasteiger partial charge in [-0.15, -0.1) is 0 Å². The van der Waals surface area contributed by atoms with Gasteiger partial charge in [0.1, 0.15) is 5.82 Å². The van der Waals surface area contributed by atoms with Crippen LogP contribution in [0, 0.1) is 5.82 Å². The van der Waals surface area contributed by atoms with Gasteiger partial charge in [0.25, 0.3) is 5.91 Å². The van der Waals surface area contributed by atoms with Crippen molar-refractivity contribution in [2.75, 3.05) is 14.2 Å². The molecule has 1 heterocycles. The molecule has 0 radical (unpaired) electrons. The van der Waals surface area contributed by atoms with E-state index < -0.39 is 0 Å². The van der Waals surface area contributed by atoms with Crippen molar-refractivity contribution in [3.63, 3.8) is 0 Å². The molecule has 0 spiro atoms. The summed E-state index contributed by atoms with van der Waals surface area (Å²) in [6.07, 6.45) is 1.88. The van der Waals surface area contributed by atoms with Crippen molar-refractivity contribution in [2.45, 2.75) is 6.42 Å². The largest absolute Gasteiger partial charge is 0.281 e. The lowest BCUT2D eigenvalue weighted by atomic mass is 10.1. The van der Waals surface area contributed by atoms with Gasteiger partial charge in [0.2, 0.25) is 0 Å². The molecule has 7 heteroatoms. The van der Waals surface area contributed by atoms with Crippen molar-refractivity contribution >= 4 is 21.8 Å². The lowest BCUT2D eigenvalue weighted by Crippen LogP contribution is -2.26. The minimum Gasteiger partial charge on any atom is -0.281 e. The first-order chi connectivity index (χ1) is 9.52. The van der Waals surface area contributed by atoms with Gasteiger partial charge in [-0.25, -0.2) is 9.45 Å². The summed E-state index contributed by atoms with van der Waals surface area (Å²) in [4.78, 5) is 16.9. The van der Waals surface area contributed by atoms with Crippen LogP contribution in [0.15, 0.2) is 28.9 Å². The van der Waals surface area contributed by atoms with Gasteiger partial charge in [0.15, 0.2) is 0 Å². The number of H-pyrrole nitrogens is 1. The van der Waals surface area contributed by atoms with E-state index in [0.717, 1.165) is 10.6 Å². The van der Waals surface area contributed by atoms with E-state index in [1.54, 1.807) is 6.07 Å². The summed E-state index contributed by atoms with van der Waals surface area (Å²) in [5.41, 5.74) is 1.92. The van der Waals surface area contributed by atoms with Crippen LogP contribution in [0.25, 0.3) is 0 Å². The zero-order chi connectivity index (χ0) is 14.7. The maximum atomic E-state index is 13.1. The number of carbonyl (C=O) groups excluding carboxylic acids is 1. The number of nitrogens with zero attached hydrogens (tertiary/aromatic N) is 2. The van der Waals surface area contributed by atoms with E-state index in [1.165, 1.54) is 32.5 Å². The van der Waals surface area contributed by atoms with Gasteiger partial charge < -0.3 is 0 Å². The Morgan fingerprint density at radius 2 is 2.30 bits per heavy atom. The lowest BCUT2D eigenvalue weighted by molar-refractivity contribution is -0.0757. The van der Waals surface area contributed by atoms with Crippen molar-refractivity contribution in [1.29, 1.82) is 0 Å². The fourth-order valence-electron chi connectivity index (χ4n) is 1.74. The van der Waals surface area contributed by atoms with Crippen LogP contribution in [-0.2, 0) is 11.3 Å². The third kappa shape index (κ3) is 3.05. The zero-order valence-electron chi connectivity index (χ0n) is 11.0. The second kappa shape index (κ2) is 6.15. The first kappa shape index (κ1) is 14.7. The minimum atomic E-state index is -0.319. The van der Waals surface area contributed by atoms with E-state index in [9.17, 15) is 9.18 Å². The van der Waals surface area contributed by atoms with Crippen molar-refractivity contribution in [3.05, 3.63) is 51.5 Å².